The van der Waals surface area contributed by atoms with E-state index in [-0.39, 0.29) is 17.9 Å². The molecule has 0 saturated carbocycles. The maximum Gasteiger partial charge on any atom is 0.256 e. The highest BCUT2D eigenvalue weighted by molar-refractivity contribution is 7.99. The molecule has 3 heterocycles. The van der Waals surface area contributed by atoms with Gasteiger partial charge in [-0.15, -0.1) is 0 Å². The van der Waals surface area contributed by atoms with E-state index in [1.54, 1.807) is 6.20 Å². The standard InChI is InChI=1S/C24H30N4O2S/c1-19(23(29)27-13-6-3-7-14-27)26-15-17-28(18-16-26)24(30)21-11-8-12-25-22(21)31-20-9-4-2-5-10-20/h2,4-5,8-12,19H,3,6-7,13-18H2,1H3. The molecule has 7 heteroatoms. The van der Waals surface area contributed by atoms with Crippen molar-refractivity contribution in [1.29, 1.82) is 0 Å². The van der Waals surface area contributed by atoms with Crippen molar-refractivity contribution in [1.82, 2.24) is 19.7 Å². The number of benzene rings is 1. The van der Waals surface area contributed by atoms with E-state index in [0.29, 0.717) is 31.7 Å². The van der Waals surface area contributed by atoms with Crippen molar-refractivity contribution < 1.29 is 9.59 Å². The number of carbonyl (C=O) groups excluding carboxylic acids is 2. The van der Waals surface area contributed by atoms with Gasteiger partial charge in [-0.25, -0.2) is 4.98 Å². The highest BCUT2D eigenvalue weighted by Crippen LogP contribution is 2.29. The number of rotatable bonds is 5. The zero-order valence-corrected chi connectivity index (χ0v) is 18.9. The number of aromatic nitrogens is 1. The largest absolute Gasteiger partial charge is 0.341 e. The van der Waals surface area contributed by atoms with Crippen LogP contribution in [0.3, 0.4) is 0 Å². The van der Waals surface area contributed by atoms with Gasteiger partial charge in [0.15, 0.2) is 0 Å². The van der Waals surface area contributed by atoms with Gasteiger partial charge in [0.05, 0.1) is 11.6 Å². The molecule has 1 aromatic carbocycles. The van der Waals surface area contributed by atoms with Gasteiger partial charge in [0, 0.05) is 50.4 Å². The Morgan fingerprint density at radius 1 is 0.871 bits per heavy atom. The Kier molecular flexibility index (Phi) is 7.25. The third-order valence-corrected chi connectivity index (χ3v) is 7.16. The predicted molar refractivity (Wildman–Crippen MR) is 122 cm³/mol. The molecule has 1 aromatic heterocycles. The Bertz CT molecular complexity index is 893. The van der Waals surface area contributed by atoms with Gasteiger partial charge >= 0.3 is 0 Å². The molecule has 6 nitrogen and oxygen atoms in total. The minimum atomic E-state index is -0.127. The predicted octanol–water partition coefficient (Wildman–Crippen LogP) is 3.39. The van der Waals surface area contributed by atoms with Crippen LogP contribution in [0.2, 0.25) is 0 Å². The summed E-state index contributed by atoms with van der Waals surface area (Å²) in [6.45, 7) is 6.45. The normalized spacial score (nSPS) is 18.6. The van der Waals surface area contributed by atoms with Crippen LogP contribution in [-0.4, -0.2) is 76.8 Å². The lowest BCUT2D eigenvalue weighted by Gasteiger charge is -2.39. The van der Waals surface area contributed by atoms with E-state index in [1.165, 1.54) is 18.2 Å². The Morgan fingerprint density at radius 2 is 1.58 bits per heavy atom. The van der Waals surface area contributed by atoms with E-state index in [4.69, 9.17) is 0 Å². The number of likely N-dealkylation sites (tertiary alicyclic amines) is 1. The average molecular weight is 439 g/mol. The first kappa shape index (κ1) is 21.8. The maximum absolute atomic E-state index is 13.2. The highest BCUT2D eigenvalue weighted by Gasteiger charge is 2.31. The number of hydrogen-bond donors (Lipinski definition) is 0. The minimum absolute atomic E-state index is 0.0150. The Balaban J connectivity index is 1.37. The van der Waals surface area contributed by atoms with Crippen LogP contribution in [0.25, 0.3) is 0 Å². The van der Waals surface area contributed by atoms with Crippen LogP contribution in [0.1, 0.15) is 36.5 Å². The first-order valence-corrected chi connectivity index (χ1v) is 11.9. The molecule has 1 unspecified atom stereocenters. The average Bonchev–Trinajstić information content (AvgIpc) is 2.84. The van der Waals surface area contributed by atoms with E-state index < -0.39 is 0 Å². The van der Waals surface area contributed by atoms with Crippen molar-refractivity contribution in [3.05, 3.63) is 54.2 Å². The van der Waals surface area contributed by atoms with Crippen molar-refractivity contribution in [2.75, 3.05) is 39.3 Å². The number of piperazine rings is 1. The second-order valence-corrected chi connectivity index (χ2v) is 9.22. The Labute approximate surface area is 188 Å². The summed E-state index contributed by atoms with van der Waals surface area (Å²) in [6.07, 6.45) is 5.16. The van der Waals surface area contributed by atoms with Gasteiger partial charge in [0.1, 0.15) is 5.03 Å². The van der Waals surface area contributed by atoms with Gasteiger partial charge in [-0.05, 0) is 50.5 Å². The van der Waals surface area contributed by atoms with Gasteiger partial charge < -0.3 is 9.80 Å². The zero-order chi connectivity index (χ0) is 21.6. The second-order valence-electron chi connectivity index (χ2n) is 8.16. The summed E-state index contributed by atoms with van der Waals surface area (Å²) >= 11 is 1.51. The summed E-state index contributed by atoms with van der Waals surface area (Å²) in [4.78, 5) is 37.7. The molecule has 4 rings (SSSR count). The van der Waals surface area contributed by atoms with E-state index in [1.807, 2.05) is 59.2 Å². The molecule has 2 amide bonds. The number of pyridine rings is 1. The molecular weight excluding hydrogens is 408 g/mol. The van der Waals surface area contributed by atoms with E-state index >= 15 is 0 Å². The lowest BCUT2D eigenvalue weighted by Crippen LogP contribution is -2.56. The molecule has 1 atom stereocenters. The Morgan fingerprint density at radius 3 is 2.29 bits per heavy atom. The smallest absolute Gasteiger partial charge is 0.256 e. The second kappa shape index (κ2) is 10.3. The molecule has 0 aliphatic carbocycles. The van der Waals surface area contributed by atoms with Crippen LogP contribution in [0.5, 0.6) is 0 Å². The molecular formula is C24H30N4O2S. The lowest BCUT2D eigenvalue weighted by molar-refractivity contribution is -0.137. The quantitative estimate of drug-likeness (QED) is 0.716. The van der Waals surface area contributed by atoms with Crippen LogP contribution in [0.4, 0.5) is 0 Å². The number of piperidine rings is 1. The molecule has 2 fully saturated rings. The van der Waals surface area contributed by atoms with Crippen LogP contribution < -0.4 is 0 Å². The van der Waals surface area contributed by atoms with Crippen molar-refractivity contribution in [3.63, 3.8) is 0 Å². The number of amides is 2. The SMILES string of the molecule is CC(C(=O)N1CCCCC1)N1CCN(C(=O)c2cccnc2Sc2ccccc2)CC1. The summed E-state index contributed by atoms with van der Waals surface area (Å²) in [6, 6.07) is 13.5. The van der Waals surface area contributed by atoms with Gasteiger partial charge in [-0.2, -0.15) is 0 Å². The fourth-order valence-corrected chi connectivity index (χ4v) is 5.15. The molecule has 0 spiro atoms. The molecule has 0 bridgehead atoms. The van der Waals surface area contributed by atoms with Crippen LogP contribution in [0.15, 0.2) is 58.6 Å². The molecule has 31 heavy (non-hydrogen) atoms. The van der Waals surface area contributed by atoms with Crippen molar-refractivity contribution in [3.8, 4) is 0 Å². The lowest BCUT2D eigenvalue weighted by atomic mass is 10.1. The van der Waals surface area contributed by atoms with Crippen molar-refractivity contribution >= 4 is 23.6 Å². The number of nitrogens with zero attached hydrogens (tertiary/aromatic N) is 4. The molecule has 2 aliphatic rings. The first-order chi connectivity index (χ1) is 15.1. The summed E-state index contributed by atoms with van der Waals surface area (Å²) in [5.41, 5.74) is 0.641. The molecule has 0 N–H and O–H groups in total. The maximum atomic E-state index is 13.2. The molecule has 164 valence electrons. The van der Waals surface area contributed by atoms with E-state index in [2.05, 4.69) is 9.88 Å². The summed E-state index contributed by atoms with van der Waals surface area (Å²) in [5.74, 6) is 0.245. The fourth-order valence-electron chi connectivity index (χ4n) is 4.25. The van der Waals surface area contributed by atoms with Gasteiger partial charge in [0.25, 0.3) is 5.91 Å². The molecule has 0 radical (unpaired) electrons. The third kappa shape index (κ3) is 5.28. The van der Waals surface area contributed by atoms with Crippen molar-refractivity contribution in [2.24, 2.45) is 0 Å². The summed E-state index contributed by atoms with van der Waals surface area (Å²) in [7, 11) is 0. The van der Waals surface area contributed by atoms with E-state index in [9.17, 15) is 9.59 Å². The summed E-state index contributed by atoms with van der Waals surface area (Å²) in [5, 5.41) is 0.731. The fraction of sp³-hybridized carbons (Fsp3) is 0.458. The molecule has 2 saturated heterocycles. The minimum Gasteiger partial charge on any atom is -0.341 e. The van der Waals surface area contributed by atoms with Crippen molar-refractivity contribution in [2.45, 2.75) is 42.1 Å². The highest BCUT2D eigenvalue weighted by atomic mass is 32.2. The number of carbonyl (C=O) groups is 2. The molecule has 2 aliphatic heterocycles. The van der Waals surface area contributed by atoms with E-state index in [0.717, 1.165) is 35.9 Å². The van der Waals surface area contributed by atoms with Gasteiger partial charge in [-0.3, -0.25) is 14.5 Å². The van der Waals surface area contributed by atoms with Gasteiger partial charge in [0.2, 0.25) is 5.91 Å². The third-order valence-electron chi connectivity index (χ3n) is 6.13. The summed E-state index contributed by atoms with van der Waals surface area (Å²) < 4.78 is 0. The number of hydrogen-bond acceptors (Lipinski definition) is 5. The Hall–Kier alpha value is -2.38. The molecule has 2 aromatic rings. The van der Waals surface area contributed by atoms with Crippen LogP contribution >= 0.6 is 11.8 Å². The zero-order valence-electron chi connectivity index (χ0n) is 18.1. The van der Waals surface area contributed by atoms with Crippen LogP contribution in [-0.2, 0) is 4.79 Å². The topological polar surface area (TPSA) is 56.8 Å². The first-order valence-electron chi connectivity index (χ1n) is 11.1. The van der Waals surface area contributed by atoms with Crippen LogP contribution in [0, 0.1) is 0 Å². The monoisotopic (exact) mass is 438 g/mol. The van der Waals surface area contributed by atoms with Gasteiger partial charge in [-0.1, -0.05) is 30.0 Å².